The SMILES string of the molecule is Cc1cc(C)c(CNC(=O)c2cc(-c3cccc(OCCCN(O[Si](C)(C)C(C)(C)C)C(=O)OC(C)(C)C)c3)nc3nn(C(C)C)cc23)c(=O)[nH]1. The van der Waals surface area contributed by atoms with E-state index in [2.05, 4.69) is 49.3 Å². The molecule has 0 aliphatic rings. The van der Waals surface area contributed by atoms with E-state index in [9.17, 15) is 14.4 Å². The van der Waals surface area contributed by atoms with Crippen LogP contribution in [-0.4, -0.2) is 63.9 Å². The summed E-state index contributed by atoms with van der Waals surface area (Å²) in [6.07, 6.45) is 1.81. The maximum absolute atomic E-state index is 13.7. The third-order valence-electron chi connectivity index (χ3n) is 8.85. The van der Waals surface area contributed by atoms with Gasteiger partial charge in [-0.1, -0.05) is 32.9 Å². The molecule has 4 aromatic rings. The summed E-state index contributed by atoms with van der Waals surface area (Å²) in [5.41, 5.74) is 3.32. The van der Waals surface area contributed by atoms with Crippen LogP contribution >= 0.6 is 0 Å². The fourth-order valence-corrected chi connectivity index (χ4v) is 6.01. The van der Waals surface area contributed by atoms with Crippen molar-refractivity contribution in [1.29, 1.82) is 0 Å². The van der Waals surface area contributed by atoms with Gasteiger partial charge in [0.05, 0.1) is 29.8 Å². The molecule has 0 unspecified atom stereocenters. The maximum atomic E-state index is 13.7. The summed E-state index contributed by atoms with van der Waals surface area (Å²) in [5, 5.41) is 9.45. The van der Waals surface area contributed by atoms with Gasteiger partial charge in [0, 0.05) is 42.0 Å². The number of aromatic nitrogens is 4. The van der Waals surface area contributed by atoms with Gasteiger partial charge < -0.3 is 24.3 Å². The second-order valence-electron chi connectivity index (χ2n) is 15.8. The van der Waals surface area contributed by atoms with Gasteiger partial charge in [-0.3, -0.25) is 14.3 Å². The lowest BCUT2D eigenvalue weighted by molar-refractivity contribution is -0.0833. The average molecular weight is 719 g/mol. The van der Waals surface area contributed by atoms with Crippen LogP contribution in [0.5, 0.6) is 5.75 Å². The van der Waals surface area contributed by atoms with Crippen molar-refractivity contribution in [1.82, 2.24) is 30.1 Å². The third-order valence-corrected chi connectivity index (χ3v) is 13.1. The number of carbonyl (C=O) groups is 2. The number of aryl methyl sites for hydroxylation is 2. The topological polar surface area (TPSA) is 141 Å². The van der Waals surface area contributed by atoms with Crippen LogP contribution in [0.3, 0.4) is 0 Å². The molecule has 0 bridgehead atoms. The number of hydrogen-bond acceptors (Lipinski definition) is 8. The fraction of sp³-hybridized carbons (Fsp3) is 0.500. The van der Waals surface area contributed by atoms with Crippen molar-refractivity contribution in [2.24, 2.45) is 0 Å². The average Bonchev–Trinajstić information content (AvgIpc) is 3.45. The number of nitrogens with zero attached hydrogens (tertiary/aromatic N) is 4. The molecule has 0 spiro atoms. The summed E-state index contributed by atoms with van der Waals surface area (Å²) in [7, 11) is -2.32. The number of hydroxylamine groups is 2. The van der Waals surface area contributed by atoms with Crippen molar-refractivity contribution in [2.75, 3.05) is 13.2 Å². The van der Waals surface area contributed by atoms with Crippen LogP contribution in [0.4, 0.5) is 4.79 Å². The Bertz CT molecular complexity index is 1940. The number of carbonyl (C=O) groups excluding carboxylic acids is 2. The zero-order valence-electron chi connectivity index (χ0n) is 32.2. The number of pyridine rings is 2. The third kappa shape index (κ3) is 10.1. The first-order chi connectivity index (χ1) is 23.6. The Morgan fingerprint density at radius 1 is 1.06 bits per heavy atom. The molecule has 3 heterocycles. The van der Waals surface area contributed by atoms with Crippen LogP contribution in [0.2, 0.25) is 18.1 Å². The standard InChI is InChI=1S/C38H54N6O6Si/c1-24(2)43-23-31-29(34(45)39-22-30-25(3)19-26(4)40-35(30)46)21-32(41-33(31)42-43)27-15-13-16-28(20-27)48-18-14-17-44(36(47)49-37(5,6)7)50-51(11,12)38(8,9)10/h13,15-16,19-21,23-24H,14,17-18,22H2,1-12H3,(H,39,45)(H,40,46). The Labute approximate surface area is 302 Å². The quantitative estimate of drug-likeness (QED) is 0.0857. The predicted molar refractivity (Wildman–Crippen MR) is 202 cm³/mol. The van der Waals surface area contributed by atoms with Crippen molar-refractivity contribution >= 4 is 31.4 Å². The van der Waals surface area contributed by atoms with E-state index in [1.165, 1.54) is 5.06 Å². The molecular formula is C38H54N6O6Si. The lowest BCUT2D eigenvalue weighted by Gasteiger charge is -2.39. The number of H-pyrrole nitrogens is 1. The first-order valence-corrected chi connectivity index (χ1v) is 20.4. The Morgan fingerprint density at radius 3 is 2.39 bits per heavy atom. The predicted octanol–water partition coefficient (Wildman–Crippen LogP) is 7.86. The zero-order valence-corrected chi connectivity index (χ0v) is 33.2. The summed E-state index contributed by atoms with van der Waals surface area (Å²) in [6, 6.07) is 11.2. The molecule has 2 amide bonds. The zero-order chi connectivity index (χ0) is 37.9. The highest BCUT2D eigenvalue weighted by atomic mass is 28.4. The van der Waals surface area contributed by atoms with Crippen molar-refractivity contribution in [3.63, 3.8) is 0 Å². The van der Waals surface area contributed by atoms with Crippen LogP contribution < -0.4 is 15.6 Å². The monoisotopic (exact) mass is 718 g/mol. The molecule has 0 aliphatic heterocycles. The molecule has 51 heavy (non-hydrogen) atoms. The van der Waals surface area contributed by atoms with Gasteiger partial charge in [0.15, 0.2) is 5.65 Å². The van der Waals surface area contributed by atoms with Gasteiger partial charge in [-0.25, -0.2) is 9.78 Å². The largest absolute Gasteiger partial charge is 0.494 e. The van der Waals surface area contributed by atoms with Crippen LogP contribution in [0, 0.1) is 13.8 Å². The van der Waals surface area contributed by atoms with E-state index in [-0.39, 0.29) is 29.1 Å². The molecular weight excluding hydrogens is 665 g/mol. The lowest BCUT2D eigenvalue weighted by Crippen LogP contribution is -2.50. The van der Waals surface area contributed by atoms with Crippen LogP contribution in [0.15, 0.2) is 47.4 Å². The summed E-state index contributed by atoms with van der Waals surface area (Å²) < 4.78 is 19.9. The smallest absolute Gasteiger partial charge is 0.433 e. The Morgan fingerprint density at radius 2 is 1.76 bits per heavy atom. The molecule has 0 atom stereocenters. The molecule has 1 aromatic carbocycles. The Kier molecular flexibility index (Phi) is 11.9. The number of amides is 2. The molecule has 0 saturated carbocycles. The molecule has 2 N–H and O–H groups in total. The summed E-state index contributed by atoms with van der Waals surface area (Å²) >= 11 is 0. The van der Waals surface area contributed by atoms with E-state index >= 15 is 0 Å². The van der Waals surface area contributed by atoms with Crippen molar-refractivity contribution in [3.05, 3.63) is 75.3 Å². The second kappa shape index (κ2) is 15.4. The maximum Gasteiger partial charge on any atom is 0.433 e. The number of rotatable bonds is 12. The van der Waals surface area contributed by atoms with Gasteiger partial charge in [0.1, 0.15) is 11.4 Å². The highest BCUT2D eigenvalue weighted by Crippen LogP contribution is 2.37. The second-order valence-corrected chi connectivity index (χ2v) is 20.5. The number of fused-ring (bicyclic) bond motifs is 1. The van der Waals surface area contributed by atoms with Crippen LogP contribution in [0.1, 0.15) is 95.0 Å². The summed E-state index contributed by atoms with van der Waals surface area (Å²) in [6.45, 7) is 24.4. The van der Waals surface area contributed by atoms with Gasteiger partial charge in [0.2, 0.25) is 8.32 Å². The number of hydrogen-bond donors (Lipinski definition) is 2. The van der Waals surface area contributed by atoms with E-state index in [0.29, 0.717) is 53.2 Å². The molecule has 0 saturated heterocycles. The van der Waals surface area contributed by atoms with E-state index in [1.807, 2.05) is 85.0 Å². The van der Waals surface area contributed by atoms with Gasteiger partial charge in [-0.2, -0.15) is 10.2 Å². The van der Waals surface area contributed by atoms with E-state index in [0.717, 1.165) is 16.8 Å². The van der Waals surface area contributed by atoms with E-state index < -0.39 is 20.0 Å². The summed E-state index contributed by atoms with van der Waals surface area (Å²) in [4.78, 5) is 47.0. The van der Waals surface area contributed by atoms with Crippen molar-refractivity contribution in [3.8, 4) is 17.0 Å². The molecule has 12 nitrogen and oxygen atoms in total. The van der Waals surface area contributed by atoms with Gasteiger partial charge >= 0.3 is 6.09 Å². The van der Waals surface area contributed by atoms with Gasteiger partial charge in [-0.05, 0) is 96.4 Å². The summed E-state index contributed by atoms with van der Waals surface area (Å²) in [5.74, 6) is 0.268. The van der Waals surface area contributed by atoms with E-state index in [1.54, 1.807) is 10.7 Å². The normalized spacial score (nSPS) is 12.3. The van der Waals surface area contributed by atoms with Crippen molar-refractivity contribution < 1.29 is 23.6 Å². The molecule has 4 rings (SSSR count). The minimum absolute atomic E-state index is 0.0579. The molecule has 0 radical (unpaired) electrons. The molecule has 13 heteroatoms. The number of aromatic amines is 1. The highest BCUT2D eigenvalue weighted by Gasteiger charge is 2.41. The minimum atomic E-state index is -2.32. The molecule has 0 aliphatic carbocycles. The number of benzene rings is 1. The van der Waals surface area contributed by atoms with E-state index in [4.69, 9.17) is 19.0 Å². The van der Waals surface area contributed by atoms with Crippen LogP contribution in [0.25, 0.3) is 22.3 Å². The van der Waals surface area contributed by atoms with Crippen LogP contribution in [-0.2, 0) is 15.8 Å². The number of nitrogens with one attached hydrogen (secondary N) is 2. The van der Waals surface area contributed by atoms with Gasteiger partial charge in [-0.15, -0.1) is 0 Å². The first-order valence-electron chi connectivity index (χ1n) is 17.5. The Balaban J connectivity index is 1.54. The fourth-order valence-electron chi connectivity index (χ4n) is 5.02. The molecule has 0 fully saturated rings. The minimum Gasteiger partial charge on any atom is -0.494 e. The molecule has 3 aromatic heterocycles. The van der Waals surface area contributed by atoms with Crippen molar-refractivity contribution in [2.45, 2.75) is 112 Å². The molecule has 276 valence electrons. The number of ether oxygens (including phenoxy) is 2. The first kappa shape index (κ1) is 39.3. The highest BCUT2D eigenvalue weighted by molar-refractivity contribution is 6.74. The van der Waals surface area contributed by atoms with Gasteiger partial charge in [0.25, 0.3) is 11.5 Å². The lowest BCUT2D eigenvalue weighted by atomic mass is 10.1. The Hall–Kier alpha value is -4.49.